The van der Waals surface area contributed by atoms with Gasteiger partial charge in [-0.1, -0.05) is 44.2 Å². The number of nitrogens with zero attached hydrogens (tertiary/aromatic N) is 2. The van der Waals surface area contributed by atoms with E-state index in [2.05, 4.69) is 15.2 Å². The van der Waals surface area contributed by atoms with Crippen LogP contribution in [0.3, 0.4) is 0 Å². The maximum Gasteiger partial charge on any atom is 0.356 e. The summed E-state index contributed by atoms with van der Waals surface area (Å²) in [6.45, 7) is 3.72. The Bertz CT molecular complexity index is 830. The minimum Gasteiger partial charge on any atom is -0.464 e. The lowest BCUT2D eigenvalue weighted by molar-refractivity contribution is -0.149. The van der Waals surface area contributed by atoms with Crippen LogP contribution in [0.4, 0.5) is 0 Å². The molecule has 1 aromatic heterocycles. The highest BCUT2D eigenvalue weighted by atomic mass is 16.5. The van der Waals surface area contributed by atoms with Crippen molar-refractivity contribution >= 4 is 17.8 Å². The maximum absolute atomic E-state index is 12.7. The first-order valence-electron chi connectivity index (χ1n) is 8.94. The number of benzene rings is 1. The second-order valence-corrected chi connectivity index (χ2v) is 6.75. The average molecular weight is 387 g/mol. The predicted octanol–water partition coefficient (Wildman–Crippen LogP) is 2.15. The fourth-order valence-corrected chi connectivity index (χ4v) is 2.64. The highest BCUT2D eigenvalue weighted by molar-refractivity contribution is 5.87. The van der Waals surface area contributed by atoms with E-state index >= 15 is 0 Å². The van der Waals surface area contributed by atoms with E-state index in [9.17, 15) is 14.4 Å². The molecule has 0 saturated carbocycles. The van der Waals surface area contributed by atoms with E-state index < -0.39 is 18.0 Å². The Morgan fingerprint density at radius 3 is 2.46 bits per heavy atom. The van der Waals surface area contributed by atoms with E-state index in [0.29, 0.717) is 17.7 Å². The first-order chi connectivity index (χ1) is 13.3. The molecule has 0 saturated heterocycles. The molecule has 1 heterocycles. The zero-order valence-electron chi connectivity index (χ0n) is 16.5. The van der Waals surface area contributed by atoms with Crippen LogP contribution < -0.4 is 5.32 Å². The van der Waals surface area contributed by atoms with Gasteiger partial charge in [0.2, 0.25) is 5.91 Å². The van der Waals surface area contributed by atoms with Crippen molar-refractivity contribution < 1.29 is 23.9 Å². The Kier molecular flexibility index (Phi) is 7.31. The quantitative estimate of drug-likeness (QED) is 0.697. The lowest BCUT2D eigenvalue weighted by atomic mass is 10.1. The van der Waals surface area contributed by atoms with Gasteiger partial charge in [0.25, 0.3) is 0 Å². The molecule has 28 heavy (non-hydrogen) atoms. The third-order valence-corrected chi connectivity index (χ3v) is 3.95. The van der Waals surface area contributed by atoms with Crippen LogP contribution in [0.25, 0.3) is 0 Å². The first kappa shape index (κ1) is 21.1. The molecular weight excluding hydrogens is 362 g/mol. The Balaban J connectivity index is 2.10. The molecule has 1 unspecified atom stereocenters. The van der Waals surface area contributed by atoms with Gasteiger partial charge in [0.05, 0.1) is 7.11 Å². The topological polar surface area (TPSA) is 99.5 Å². The van der Waals surface area contributed by atoms with Crippen LogP contribution in [0, 0.1) is 5.92 Å². The van der Waals surface area contributed by atoms with Crippen LogP contribution >= 0.6 is 0 Å². The number of nitrogens with one attached hydrogen (secondary N) is 1. The molecule has 1 N–H and O–H groups in total. The van der Waals surface area contributed by atoms with E-state index in [-0.39, 0.29) is 24.1 Å². The van der Waals surface area contributed by atoms with E-state index in [4.69, 9.17) is 4.74 Å². The van der Waals surface area contributed by atoms with Gasteiger partial charge in [-0.05, 0) is 17.5 Å². The fourth-order valence-electron chi connectivity index (χ4n) is 2.64. The Morgan fingerprint density at radius 2 is 1.86 bits per heavy atom. The number of esters is 2. The monoisotopic (exact) mass is 387 g/mol. The van der Waals surface area contributed by atoms with Crippen LogP contribution in [-0.2, 0) is 32.7 Å². The number of aryl methyl sites for hydroxylation is 1. The molecule has 0 aliphatic heterocycles. The van der Waals surface area contributed by atoms with Crippen molar-refractivity contribution in [1.29, 1.82) is 0 Å². The third-order valence-electron chi connectivity index (χ3n) is 3.95. The molecule has 0 spiro atoms. The van der Waals surface area contributed by atoms with Crippen LogP contribution in [0.5, 0.6) is 0 Å². The van der Waals surface area contributed by atoms with Crippen molar-refractivity contribution in [1.82, 2.24) is 15.1 Å². The lowest BCUT2D eigenvalue weighted by Crippen LogP contribution is -2.35. The fraction of sp³-hybridized carbons (Fsp3) is 0.400. The largest absolute Gasteiger partial charge is 0.464 e. The summed E-state index contributed by atoms with van der Waals surface area (Å²) < 4.78 is 11.4. The van der Waals surface area contributed by atoms with Gasteiger partial charge >= 0.3 is 11.9 Å². The van der Waals surface area contributed by atoms with Gasteiger partial charge in [0, 0.05) is 13.5 Å². The Morgan fingerprint density at radius 1 is 1.18 bits per heavy atom. The summed E-state index contributed by atoms with van der Waals surface area (Å²) in [5, 5.41) is 6.87. The van der Waals surface area contributed by atoms with Crippen molar-refractivity contribution in [2.24, 2.45) is 13.0 Å². The van der Waals surface area contributed by atoms with E-state index in [1.54, 1.807) is 31.3 Å². The molecule has 1 amide bonds. The number of aromatic nitrogens is 2. The molecule has 8 nitrogen and oxygen atoms in total. The molecule has 0 fully saturated rings. The minimum absolute atomic E-state index is 0.132. The summed E-state index contributed by atoms with van der Waals surface area (Å²) in [5.74, 6) is -1.20. The number of carbonyl (C=O) groups is 3. The van der Waals surface area contributed by atoms with E-state index in [0.717, 1.165) is 0 Å². The Hall–Kier alpha value is -3.16. The molecule has 1 atom stereocenters. The molecule has 1 aromatic carbocycles. The SMILES string of the molecule is COC(=O)c1cc(COC(=O)C(NC(=O)CC(C)C)c2ccccc2)nn1C. The molecule has 0 bridgehead atoms. The molecule has 0 aliphatic rings. The van der Waals surface area contributed by atoms with Gasteiger partial charge in [-0.3, -0.25) is 9.48 Å². The number of rotatable bonds is 8. The number of carbonyl (C=O) groups excluding carboxylic acids is 3. The van der Waals surface area contributed by atoms with Crippen LogP contribution in [-0.4, -0.2) is 34.7 Å². The van der Waals surface area contributed by atoms with Crippen molar-refractivity contribution in [3.8, 4) is 0 Å². The highest BCUT2D eigenvalue weighted by Crippen LogP contribution is 2.17. The molecule has 0 aliphatic carbocycles. The number of methoxy groups -OCH3 is 1. The number of hydrogen-bond donors (Lipinski definition) is 1. The van der Waals surface area contributed by atoms with Gasteiger partial charge in [-0.15, -0.1) is 0 Å². The summed E-state index contributed by atoms with van der Waals surface area (Å²) in [4.78, 5) is 36.5. The normalized spacial score (nSPS) is 11.8. The number of amides is 1. The summed E-state index contributed by atoms with van der Waals surface area (Å²) >= 11 is 0. The van der Waals surface area contributed by atoms with Crippen molar-refractivity contribution in [3.63, 3.8) is 0 Å². The molecule has 0 radical (unpaired) electrons. The third kappa shape index (κ3) is 5.67. The van der Waals surface area contributed by atoms with Gasteiger partial charge in [0.15, 0.2) is 6.04 Å². The smallest absolute Gasteiger partial charge is 0.356 e. The van der Waals surface area contributed by atoms with Crippen LogP contribution in [0.2, 0.25) is 0 Å². The van der Waals surface area contributed by atoms with Crippen molar-refractivity contribution in [2.45, 2.75) is 32.9 Å². The minimum atomic E-state index is -0.920. The summed E-state index contributed by atoms with van der Waals surface area (Å²) in [5.41, 5.74) is 1.27. The molecular formula is C20H25N3O5. The number of hydrogen-bond acceptors (Lipinski definition) is 6. The van der Waals surface area contributed by atoms with Crippen LogP contribution in [0.15, 0.2) is 36.4 Å². The highest BCUT2D eigenvalue weighted by Gasteiger charge is 2.25. The molecule has 150 valence electrons. The Labute approximate surface area is 163 Å². The summed E-state index contributed by atoms with van der Waals surface area (Å²) in [7, 11) is 2.87. The second kappa shape index (κ2) is 9.68. The van der Waals surface area contributed by atoms with Gasteiger partial charge in [0.1, 0.15) is 18.0 Å². The van der Waals surface area contributed by atoms with Gasteiger partial charge in [-0.25, -0.2) is 9.59 Å². The maximum atomic E-state index is 12.7. The summed E-state index contributed by atoms with van der Waals surface area (Å²) in [6.07, 6.45) is 0.305. The predicted molar refractivity (Wildman–Crippen MR) is 101 cm³/mol. The second-order valence-electron chi connectivity index (χ2n) is 6.75. The van der Waals surface area contributed by atoms with E-state index in [1.807, 2.05) is 19.9 Å². The van der Waals surface area contributed by atoms with Gasteiger partial charge in [-0.2, -0.15) is 5.10 Å². The van der Waals surface area contributed by atoms with E-state index in [1.165, 1.54) is 17.9 Å². The number of ether oxygens (including phenoxy) is 2. The standard InChI is InChI=1S/C20H25N3O5/c1-13(2)10-17(24)21-18(14-8-6-5-7-9-14)20(26)28-12-15-11-16(19(25)27-4)23(3)22-15/h5-9,11,13,18H,10,12H2,1-4H3,(H,21,24). The first-order valence-corrected chi connectivity index (χ1v) is 8.94. The molecule has 2 rings (SSSR count). The molecule has 2 aromatic rings. The van der Waals surface area contributed by atoms with Gasteiger partial charge < -0.3 is 14.8 Å². The lowest BCUT2D eigenvalue weighted by Gasteiger charge is -2.18. The molecule has 8 heteroatoms. The van der Waals surface area contributed by atoms with Crippen molar-refractivity contribution in [3.05, 3.63) is 53.3 Å². The van der Waals surface area contributed by atoms with Crippen molar-refractivity contribution in [2.75, 3.05) is 7.11 Å². The van der Waals surface area contributed by atoms with Crippen LogP contribution in [0.1, 0.15) is 48.1 Å². The zero-order valence-corrected chi connectivity index (χ0v) is 16.5. The zero-order chi connectivity index (χ0) is 20.7. The summed E-state index contributed by atoms with van der Waals surface area (Å²) in [6, 6.07) is 9.46. The average Bonchev–Trinajstić information content (AvgIpc) is 3.04.